The van der Waals surface area contributed by atoms with Crippen molar-refractivity contribution in [1.29, 1.82) is 0 Å². The van der Waals surface area contributed by atoms with Gasteiger partial charge in [-0.15, -0.1) is 11.3 Å². The van der Waals surface area contributed by atoms with E-state index in [0.717, 1.165) is 21.8 Å². The molecule has 0 atom stereocenters. The summed E-state index contributed by atoms with van der Waals surface area (Å²) in [5.74, 6) is -1.23. The molecule has 1 aliphatic rings. The van der Waals surface area contributed by atoms with E-state index in [0.29, 0.717) is 11.4 Å². The van der Waals surface area contributed by atoms with Gasteiger partial charge in [0.1, 0.15) is 10.7 Å². The standard InChI is InChI=1S/C20H15ClN4O4S2/c1-12-2-6-14(7-3-12)25-18(26)16(21)17(19(25)27)23-13-4-8-15(9-5-13)31(28,29)24-20-22-10-11-30-20/h2-11,23H,1H3,(H,22,24). The second-order valence-corrected chi connectivity index (χ2v) is 9.52. The zero-order chi connectivity index (χ0) is 22.2. The second kappa shape index (κ2) is 8.14. The van der Waals surface area contributed by atoms with Gasteiger partial charge in [-0.3, -0.25) is 14.3 Å². The summed E-state index contributed by atoms with van der Waals surface area (Å²) in [6.07, 6.45) is 1.49. The van der Waals surface area contributed by atoms with Gasteiger partial charge < -0.3 is 5.32 Å². The lowest BCUT2D eigenvalue weighted by molar-refractivity contribution is -0.120. The molecule has 2 amide bonds. The number of thiazole rings is 1. The van der Waals surface area contributed by atoms with Crippen molar-refractivity contribution in [3.63, 3.8) is 0 Å². The fourth-order valence-electron chi connectivity index (χ4n) is 2.85. The van der Waals surface area contributed by atoms with Crippen molar-refractivity contribution in [3.8, 4) is 0 Å². The number of hydrogen-bond donors (Lipinski definition) is 2. The maximum atomic E-state index is 12.8. The van der Waals surface area contributed by atoms with Crippen LogP contribution in [0.5, 0.6) is 0 Å². The quantitative estimate of drug-likeness (QED) is 0.527. The van der Waals surface area contributed by atoms with E-state index < -0.39 is 21.8 Å². The number of benzene rings is 2. The number of carbonyl (C=O) groups is 2. The first kappa shape index (κ1) is 21.0. The van der Waals surface area contributed by atoms with Crippen molar-refractivity contribution < 1.29 is 18.0 Å². The summed E-state index contributed by atoms with van der Waals surface area (Å²) in [7, 11) is -3.80. The monoisotopic (exact) mass is 474 g/mol. The molecule has 1 aliphatic heterocycles. The first-order chi connectivity index (χ1) is 14.8. The third-order valence-corrected chi connectivity index (χ3v) is 6.93. The second-order valence-electron chi connectivity index (χ2n) is 6.56. The molecule has 1 aromatic heterocycles. The van der Waals surface area contributed by atoms with Gasteiger partial charge >= 0.3 is 0 Å². The molecule has 2 heterocycles. The third-order valence-electron chi connectivity index (χ3n) is 4.41. The van der Waals surface area contributed by atoms with Crippen LogP contribution in [0.3, 0.4) is 0 Å². The number of rotatable bonds is 6. The summed E-state index contributed by atoms with van der Waals surface area (Å²) in [4.78, 5) is 30.2. The average molecular weight is 475 g/mol. The Morgan fingerprint density at radius 1 is 1.00 bits per heavy atom. The largest absolute Gasteiger partial charge is 0.350 e. The van der Waals surface area contributed by atoms with Crippen LogP contribution in [-0.2, 0) is 19.6 Å². The molecule has 0 unspecified atom stereocenters. The molecule has 2 N–H and O–H groups in total. The Morgan fingerprint density at radius 2 is 1.68 bits per heavy atom. The van der Waals surface area contributed by atoms with E-state index in [1.807, 2.05) is 6.92 Å². The lowest BCUT2D eigenvalue weighted by Crippen LogP contribution is -2.32. The van der Waals surface area contributed by atoms with Gasteiger partial charge in [0.2, 0.25) is 0 Å². The Hall–Kier alpha value is -3.21. The minimum atomic E-state index is -3.80. The Labute approximate surface area is 187 Å². The van der Waals surface area contributed by atoms with Crippen molar-refractivity contribution >= 4 is 61.3 Å². The number of halogens is 1. The van der Waals surface area contributed by atoms with Crippen LogP contribution >= 0.6 is 22.9 Å². The first-order valence-corrected chi connectivity index (χ1v) is 11.6. The highest BCUT2D eigenvalue weighted by atomic mass is 35.5. The summed E-state index contributed by atoms with van der Waals surface area (Å²) in [5, 5.41) is 4.48. The Balaban J connectivity index is 1.53. The number of carbonyl (C=O) groups excluding carboxylic acids is 2. The summed E-state index contributed by atoms with van der Waals surface area (Å²) in [5.41, 5.74) is 1.71. The van der Waals surface area contributed by atoms with Crippen LogP contribution in [0, 0.1) is 6.92 Å². The lowest BCUT2D eigenvalue weighted by atomic mass is 10.2. The molecule has 0 aliphatic carbocycles. The van der Waals surface area contributed by atoms with Crippen LogP contribution in [0.1, 0.15) is 5.56 Å². The fourth-order valence-corrected chi connectivity index (χ4v) is 4.85. The topological polar surface area (TPSA) is 108 Å². The molecule has 2 aromatic carbocycles. The van der Waals surface area contributed by atoms with Crippen molar-refractivity contribution in [2.45, 2.75) is 11.8 Å². The molecule has 3 aromatic rings. The van der Waals surface area contributed by atoms with Crippen LogP contribution in [0.15, 0.2) is 75.7 Å². The highest BCUT2D eigenvalue weighted by Gasteiger charge is 2.38. The molecule has 0 saturated carbocycles. The molecule has 11 heteroatoms. The normalized spacial score (nSPS) is 14.3. The van der Waals surface area contributed by atoms with Crippen molar-refractivity contribution in [2.75, 3.05) is 14.9 Å². The molecule has 0 radical (unpaired) electrons. The highest BCUT2D eigenvalue weighted by molar-refractivity contribution is 7.93. The molecule has 158 valence electrons. The fraction of sp³-hybridized carbons (Fsp3) is 0.0500. The molecule has 0 saturated heterocycles. The van der Waals surface area contributed by atoms with Gasteiger partial charge in [-0.05, 0) is 43.3 Å². The molecule has 8 nitrogen and oxygen atoms in total. The number of aromatic nitrogens is 1. The number of nitrogens with one attached hydrogen (secondary N) is 2. The number of sulfonamides is 1. The predicted octanol–water partition coefficient (Wildman–Crippen LogP) is 3.69. The number of hydrogen-bond acceptors (Lipinski definition) is 7. The van der Waals surface area contributed by atoms with Gasteiger partial charge in [0, 0.05) is 17.3 Å². The third kappa shape index (κ3) is 4.18. The van der Waals surface area contributed by atoms with Gasteiger partial charge in [0.15, 0.2) is 5.13 Å². The number of imide groups is 1. The molecular weight excluding hydrogens is 460 g/mol. The van der Waals surface area contributed by atoms with E-state index in [1.165, 1.54) is 30.5 Å². The van der Waals surface area contributed by atoms with Crippen LogP contribution in [0.2, 0.25) is 0 Å². The smallest absolute Gasteiger partial charge is 0.283 e. The van der Waals surface area contributed by atoms with Crippen molar-refractivity contribution in [1.82, 2.24) is 4.98 Å². The summed E-state index contributed by atoms with van der Waals surface area (Å²) in [6.45, 7) is 1.89. The summed E-state index contributed by atoms with van der Waals surface area (Å²) in [6, 6.07) is 12.6. The number of nitrogens with zero attached hydrogens (tertiary/aromatic N) is 2. The minimum Gasteiger partial charge on any atom is -0.350 e. The Bertz CT molecular complexity index is 1290. The lowest BCUT2D eigenvalue weighted by Gasteiger charge is -2.15. The Kier molecular flexibility index (Phi) is 5.52. The molecule has 0 spiro atoms. The van der Waals surface area contributed by atoms with Crippen molar-refractivity contribution in [3.05, 3.63) is 76.4 Å². The van der Waals surface area contributed by atoms with Crippen LogP contribution in [0.4, 0.5) is 16.5 Å². The summed E-state index contributed by atoms with van der Waals surface area (Å²) < 4.78 is 27.2. The number of anilines is 3. The van der Waals surface area contributed by atoms with E-state index in [-0.39, 0.29) is 20.8 Å². The molecule has 0 fully saturated rings. The number of aryl methyl sites for hydroxylation is 1. The zero-order valence-corrected chi connectivity index (χ0v) is 18.4. The van der Waals surface area contributed by atoms with Crippen molar-refractivity contribution in [2.24, 2.45) is 0 Å². The molecule has 0 bridgehead atoms. The van der Waals surface area contributed by atoms with Crippen LogP contribution < -0.4 is 14.9 Å². The van der Waals surface area contributed by atoms with Gasteiger partial charge in [-0.25, -0.2) is 18.3 Å². The first-order valence-electron chi connectivity index (χ1n) is 8.91. The van der Waals surface area contributed by atoms with Gasteiger partial charge in [-0.2, -0.15) is 0 Å². The maximum Gasteiger partial charge on any atom is 0.283 e. The number of amides is 2. The molecule has 4 rings (SSSR count). The van der Waals surface area contributed by atoms with Crippen LogP contribution in [-0.4, -0.2) is 25.2 Å². The molecule has 31 heavy (non-hydrogen) atoms. The minimum absolute atomic E-state index is 0.0171. The zero-order valence-electron chi connectivity index (χ0n) is 16.0. The van der Waals surface area contributed by atoms with Gasteiger partial charge in [0.05, 0.1) is 10.6 Å². The SMILES string of the molecule is Cc1ccc(N2C(=O)C(Cl)=C(Nc3ccc(S(=O)(=O)Nc4nccs4)cc3)C2=O)cc1. The van der Waals surface area contributed by atoms with Gasteiger partial charge in [0.25, 0.3) is 21.8 Å². The highest BCUT2D eigenvalue weighted by Crippen LogP contribution is 2.30. The predicted molar refractivity (Wildman–Crippen MR) is 120 cm³/mol. The average Bonchev–Trinajstić information content (AvgIpc) is 3.32. The van der Waals surface area contributed by atoms with E-state index in [2.05, 4.69) is 15.0 Å². The van der Waals surface area contributed by atoms with E-state index in [9.17, 15) is 18.0 Å². The van der Waals surface area contributed by atoms with E-state index >= 15 is 0 Å². The maximum absolute atomic E-state index is 12.8. The Morgan fingerprint density at radius 3 is 2.29 bits per heavy atom. The van der Waals surface area contributed by atoms with E-state index in [4.69, 9.17) is 11.6 Å². The molecular formula is C20H15ClN4O4S2. The van der Waals surface area contributed by atoms with Crippen LogP contribution in [0.25, 0.3) is 0 Å². The summed E-state index contributed by atoms with van der Waals surface area (Å²) >= 11 is 7.29. The van der Waals surface area contributed by atoms with E-state index in [1.54, 1.807) is 29.6 Å². The van der Waals surface area contributed by atoms with Gasteiger partial charge in [-0.1, -0.05) is 29.3 Å².